The summed E-state index contributed by atoms with van der Waals surface area (Å²) < 4.78 is 5.48. The molecule has 2 aliphatic rings. The molecule has 2 N–H and O–H groups in total. The van der Waals surface area contributed by atoms with Crippen molar-refractivity contribution in [2.45, 2.75) is 39.2 Å². The van der Waals surface area contributed by atoms with Gasteiger partial charge in [-0.25, -0.2) is 4.79 Å². The van der Waals surface area contributed by atoms with Crippen LogP contribution in [0.15, 0.2) is 0 Å². The van der Waals surface area contributed by atoms with E-state index in [1.807, 2.05) is 6.92 Å². The highest BCUT2D eigenvalue weighted by Gasteiger charge is 2.42. The first-order chi connectivity index (χ1) is 9.40. The highest BCUT2D eigenvalue weighted by molar-refractivity contribution is 5.79. The zero-order chi connectivity index (χ0) is 14.8. The second-order valence-corrected chi connectivity index (χ2v) is 6.30. The van der Waals surface area contributed by atoms with E-state index >= 15 is 0 Å². The molecule has 0 radical (unpaired) electrons. The van der Waals surface area contributed by atoms with Crippen LogP contribution in [0.2, 0.25) is 0 Å². The molecular weight excluding hydrogens is 260 g/mol. The molecule has 0 aromatic heterocycles. The van der Waals surface area contributed by atoms with E-state index in [4.69, 9.17) is 9.84 Å². The summed E-state index contributed by atoms with van der Waals surface area (Å²) in [7, 11) is 0. The molecule has 2 fully saturated rings. The minimum Gasteiger partial charge on any atom is -0.481 e. The molecule has 2 aliphatic heterocycles. The number of carbonyl (C=O) groups is 2. The van der Waals surface area contributed by atoms with Gasteiger partial charge in [-0.1, -0.05) is 0 Å². The number of likely N-dealkylation sites (tertiary alicyclic amines) is 1. The number of amides is 2. The van der Waals surface area contributed by atoms with Gasteiger partial charge < -0.3 is 20.1 Å². The average Bonchev–Trinajstić information content (AvgIpc) is 2.80. The number of hydrogen-bond donors (Lipinski definition) is 2. The zero-order valence-corrected chi connectivity index (χ0v) is 12.2. The molecule has 2 rings (SSSR count). The van der Waals surface area contributed by atoms with Gasteiger partial charge in [0.05, 0.1) is 11.5 Å². The molecule has 0 saturated carbocycles. The first kappa shape index (κ1) is 15.1. The Morgan fingerprint density at radius 3 is 2.85 bits per heavy atom. The van der Waals surface area contributed by atoms with Crippen LogP contribution >= 0.6 is 0 Å². The van der Waals surface area contributed by atoms with Gasteiger partial charge in [-0.2, -0.15) is 0 Å². The molecule has 0 aromatic carbocycles. The molecule has 0 aliphatic carbocycles. The molecule has 0 spiro atoms. The molecule has 3 atom stereocenters. The topological polar surface area (TPSA) is 78.9 Å². The van der Waals surface area contributed by atoms with Gasteiger partial charge in [0, 0.05) is 26.2 Å². The fourth-order valence-electron chi connectivity index (χ4n) is 2.93. The second-order valence-electron chi connectivity index (χ2n) is 6.30. The Morgan fingerprint density at radius 1 is 1.50 bits per heavy atom. The van der Waals surface area contributed by atoms with Crippen molar-refractivity contribution in [1.29, 1.82) is 0 Å². The molecule has 0 bridgehead atoms. The van der Waals surface area contributed by atoms with E-state index in [1.165, 1.54) is 0 Å². The third-order valence-corrected chi connectivity index (χ3v) is 4.41. The number of rotatable bonds is 3. The standard InChI is InChI=1S/C14H24N2O4/c1-10-7-11(3-6-20-10)8-15-13(19)16-5-4-14(2,9-16)12(17)18/h10-11H,3-9H2,1-2H3,(H,15,19)(H,17,18). The normalized spacial score (nSPS) is 34.0. The Hall–Kier alpha value is -1.30. The fourth-order valence-corrected chi connectivity index (χ4v) is 2.93. The summed E-state index contributed by atoms with van der Waals surface area (Å²) in [5, 5.41) is 12.1. The Labute approximate surface area is 119 Å². The lowest BCUT2D eigenvalue weighted by molar-refractivity contribution is -0.147. The van der Waals surface area contributed by atoms with Crippen molar-refractivity contribution < 1.29 is 19.4 Å². The van der Waals surface area contributed by atoms with Crippen molar-refractivity contribution >= 4 is 12.0 Å². The van der Waals surface area contributed by atoms with Crippen molar-refractivity contribution in [2.75, 3.05) is 26.2 Å². The van der Waals surface area contributed by atoms with Crippen LogP contribution < -0.4 is 5.32 Å². The molecule has 2 saturated heterocycles. The summed E-state index contributed by atoms with van der Waals surface area (Å²) in [6.45, 7) is 5.95. The highest BCUT2D eigenvalue weighted by atomic mass is 16.5. The molecule has 6 heteroatoms. The largest absolute Gasteiger partial charge is 0.481 e. The van der Waals surface area contributed by atoms with Crippen LogP contribution in [-0.2, 0) is 9.53 Å². The number of ether oxygens (including phenoxy) is 1. The van der Waals surface area contributed by atoms with E-state index in [1.54, 1.807) is 11.8 Å². The van der Waals surface area contributed by atoms with Gasteiger partial charge in [0.25, 0.3) is 0 Å². The van der Waals surface area contributed by atoms with E-state index in [2.05, 4.69) is 5.32 Å². The number of carboxylic acids is 1. The van der Waals surface area contributed by atoms with Crippen molar-refractivity contribution in [3.05, 3.63) is 0 Å². The number of nitrogens with one attached hydrogen (secondary N) is 1. The summed E-state index contributed by atoms with van der Waals surface area (Å²) in [5.41, 5.74) is -0.801. The molecule has 114 valence electrons. The summed E-state index contributed by atoms with van der Waals surface area (Å²) >= 11 is 0. The van der Waals surface area contributed by atoms with Gasteiger partial charge in [-0.15, -0.1) is 0 Å². The van der Waals surface area contributed by atoms with E-state index in [9.17, 15) is 9.59 Å². The molecule has 3 unspecified atom stereocenters. The highest BCUT2D eigenvalue weighted by Crippen LogP contribution is 2.30. The van der Waals surface area contributed by atoms with Crippen molar-refractivity contribution in [1.82, 2.24) is 10.2 Å². The van der Waals surface area contributed by atoms with Gasteiger partial charge in [0.15, 0.2) is 0 Å². The Kier molecular flexibility index (Phi) is 4.52. The summed E-state index contributed by atoms with van der Waals surface area (Å²) in [6.07, 6.45) is 2.71. The number of carboxylic acid groups (broad SMARTS) is 1. The average molecular weight is 284 g/mol. The molecule has 2 heterocycles. The minimum absolute atomic E-state index is 0.144. The molecule has 6 nitrogen and oxygen atoms in total. The first-order valence-electron chi connectivity index (χ1n) is 7.28. The number of nitrogens with zero attached hydrogens (tertiary/aromatic N) is 1. The lowest BCUT2D eigenvalue weighted by atomic mass is 9.90. The molecule has 2 amide bonds. The third kappa shape index (κ3) is 3.42. The van der Waals surface area contributed by atoms with E-state index in [0.717, 1.165) is 19.4 Å². The van der Waals surface area contributed by atoms with Gasteiger partial charge >= 0.3 is 12.0 Å². The predicted octanol–water partition coefficient (Wildman–Crippen LogP) is 1.31. The van der Waals surface area contributed by atoms with Gasteiger partial charge in [-0.05, 0) is 39.0 Å². The number of hydrogen-bond acceptors (Lipinski definition) is 3. The molecule has 0 aromatic rings. The SMILES string of the molecule is CC1CC(CNC(=O)N2CCC(C)(C(=O)O)C2)CCO1. The summed E-state index contributed by atoms with van der Waals surface area (Å²) in [5.74, 6) is -0.373. The van der Waals surface area contributed by atoms with Crippen LogP contribution in [0.1, 0.15) is 33.1 Å². The Bertz CT molecular complexity index is 387. The molecule has 20 heavy (non-hydrogen) atoms. The van der Waals surface area contributed by atoms with Crippen molar-refractivity contribution in [3.8, 4) is 0 Å². The maximum atomic E-state index is 12.1. The van der Waals surface area contributed by atoms with Crippen molar-refractivity contribution in [3.63, 3.8) is 0 Å². The quantitative estimate of drug-likeness (QED) is 0.819. The van der Waals surface area contributed by atoms with Gasteiger partial charge in [0.2, 0.25) is 0 Å². The maximum Gasteiger partial charge on any atom is 0.317 e. The van der Waals surface area contributed by atoms with E-state index in [0.29, 0.717) is 32.0 Å². The summed E-state index contributed by atoms with van der Waals surface area (Å²) in [4.78, 5) is 24.8. The zero-order valence-electron chi connectivity index (χ0n) is 12.2. The fraction of sp³-hybridized carbons (Fsp3) is 0.857. The van der Waals surface area contributed by atoms with Crippen molar-refractivity contribution in [2.24, 2.45) is 11.3 Å². The van der Waals surface area contributed by atoms with E-state index in [-0.39, 0.29) is 12.1 Å². The predicted molar refractivity (Wildman–Crippen MR) is 73.5 cm³/mol. The molecular formula is C14H24N2O4. The lowest BCUT2D eigenvalue weighted by Crippen LogP contribution is -2.43. The van der Waals surface area contributed by atoms with Gasteiger partial charge in [0.1, 0.15) is 0 Å². The van der Waals surface area contributed by atoms with Crippen LogP contribution in [0.5, 0.6) is 0 Å². The smallest absolute Gasteiger partial charge is 0.317 e. The monoisotopic (exact) mass is 284 g/mol. The Balaban J connectivity index is 1.77. The first-order valence-corrected chi connectivity index (χ1v) is 7.28. The van der Waals surface area contributed by atoms with Crippen LogP contribution in [0.25, 0.3) is 0 Å². The van der Waals surface area contributed by atoms with Crippen LogP contribution in [-0.4, -0.2) is 54.4 Å². The summed E-state index contributed by atoms with van der Waals surface area (Å²) in [6, 6.07) is -0.144. The minimum atomic E-state index is -0.828. The van der Waals surface area contributed by atoms with E-state index < -0.39 is 11.4 Å². The third-order valence-electron chi connectivity index (χ3n) is 4.41. The maximum absolute atomic E-state index is 12.1. The van der Waals surface area contributed by atoms with Gasteiger partial charge in [-0.3, -0.25) is 4.79 Å². The van der Waals surface area contributed by atoms with Crippen LogP contribution in [0.3, 0.4) is 0 Å². The number of carbonyl (C=O) groups excluding carboxylic acids is 1. The number of aliphatic carboxylic acids is 1. The second kappa shape index (κ2) is 5.99. The van der Waals surface area contributed by atoms with Crippen LogP contribution in [0, 0.1) is 11.3 Å². The Morgan fingerprint density at radius 2 is 2.25 bits per heavy atom. The van der Waals surface area contributed by atoms with Crippen LogP contribution in [0.4, 0.5) is 4.79 Å². The number of urea groups is 1. The lowest BCUT2D eigenvalue weighted by Gasteiger charge is -2.28.